The fourth-order valence-electron chi connectivity index (χ4n) is 1.51. The normalized spacial score (nSPS) is 12.0. The first kappa shape index (κ1) is 12.5. The minimum Gasteiger partial charge on any atom is -0.496 e. The molecule has 0 aliphatic heterocycles. The van der Waals surface area contributed by atoms with E-state index in [1.54, 1.807) is 32.2 Å². The Bertz CT molecular complexity index is 363. The van der Waals surface area contributed by atoms with Gasteiger partial charge >= 0.3 is 0 Å². The van der Waals surface area contributed by atoms with E-state index in [0.717, 1.165) is 0 Å². The van der Waals surface area contributed by atoms with Crippen LogP contribution in [0.4, 0.5) is 0 Å². The van der Waals surface area contributed by atoms with Gasteiger partial charge in [-0.3, -0.25) is 4.79 Å². The molecule has 1 aromatic rings. The summed E-state index contributed by atoms with van der Waals surface area (Å²) in [6, 6.07) is 7.04. The lowest BCUT2D eigenvalue weighted by atomic mass is 10.1. The molecule has 0 aliphatic carbocycles. The van der Waals surface area contributed by atoms with E-state index >= 15 is 0 Å². The molecule has 1 N–H and O–H groups in total. The number of methoxy groups -OCH3 is 1. The van der Waals surface area contributed by atoms with Crippen molar-refractivity contribution < 1.29 is 14.6 Å². The maximum Gasteiger partial charge on any atom is 0.257 e. The average molecular weight is 223 g/mol. The Labute approximate surface area is 95.5 Å². The molecule has 0 aromatic heterocycles. The summed E-state index contributed by atoms with van der Waals surface area (Å²) >= 11 is 0. The van der Waals surface area contributed by atoms with Crippen molar-refractivity contribution in [3.05, 3.63) is 29.8 Å². The van der Waals surface area contributed by atoms with Crippen LogP contribution in [-0.2, 0) is 0 Å². The molecule has 0 radical (unpaired) electrons. The molecule has 1 rings (SSSR count). The van der Waals surface area contributed by atoms with Crippen LogP contribution in [0.2, 0.25) is 0 Å². The molecule has 4 nitrogen and oxygen atoms in total. The van der Waals surface area contributed by atoms with Crippen LogP contribution in [0.15, 0.2) is 24.3 Å². The Morgan fingerprint density at radius 3 is 2.69 bits per heavy atom. The maximum absolute atomic E-state index is 12.0. The van der Waals surface area contributed by atoms with Gasteiger partial charge in [0.2, 0.25) is 0 Å². The number of ether oxygens (including phenoxy) is 1. The first-order valence-corrected chi connectivity index (χ1v) is 5.12. The van der Waals surface area contributed by atoms with Crippen LogP contribution in [0.1, 0.15) is 17.3 Å². The van der Waals surface area contributed by atoms with Gasteiger partial charge in [0.05, 0.1) is 18.8 Å². The van der Waals surface area contributed by atoms with Gasteiger partial charge in [0.1, 0.15) is 5.75 Å². The molecule has 1 aromatic carbocycles. The zero-order valence-electron chi connectivity index (χ0n) is 9.80. The number of aliphatic hydroxyl groups is 1. The predicted molar refractivity (Wildman–Crippen MR) is 61.6 cm³/mol. The second kappa shape index (κ2) is 5.51. The summed E-state index contributed by atoms with van der Waals surface area (Å²) < 4.78 is 5.11. The number of aliphatic hydroxyl groups excluding tert-OH is 1. The molecule has 1 atom stereocenters. The van der Waals surface area contributed by atoms with Crippen LogP contribution in [0.25, 0.3) is 0 Å². The molecule has 0 saturated heterocycles. The maximum atomic E-state index is 12.0. The number of hydrogen-bond acceptors (Lipinski definition) is 3. The number of hydrogen-bond donors (Lipinski definition) is 1. The summed E-state index contributed by atoms with van der Waals surface area (Å²) in [7, 11) is 3.18. The van der Waals surface area contributed by atoms with Gasteiger partial charge < -0.3 is 14.7 Å². The highest BCUT2D eigenvalue weighted by atomic mass is 16.5. The molecule has 16 heavy (non-hydrogen) atoms. The second-order valence-electron chi connectivity index (χ2n) is 3.73. The summed E-state index contributed by atoms with van der Waals surface area (Å²) in [5, 5.41) is 9.22. The molecule has 0 spiro atoms. The number of carbonyl (C=O) groups is 1. The van der Waals surface area contributed by atoms with Crippen molar-refractivity contribution in [1.29, 1.82) is 0 Å². The third-order valence-corrected chi connectivity index (χ3v) is 2.22. The number of amides is 1. The van der Waals surface area contributed by atoms with Gasteiger partial charge in [-0.15, -0.1) is 0 Å². The van der Waals surface area contributed by atoms with Crippen LogP contribution in [0.3, 0.4) is 0 Å². The van der Waals surface area contributed by atoms with Crippen LogP contribution >= 0.6 is 0 Å². The Morgan fingerprint density at radius 2 is 2.12 bits per heavy atom. The van der Waals surface area contributed by atoms with Gasteiger partial charge in [-0.2, -0.15) is 0 Å². The number of rotatable bonds is 4. The van der Waals surface area contributed by atoms with Crippen molar-refractivity contribution in [3.8, 4) is 5.75 Å². The van der Waals surface area contributed by atoms with Crippen molar-refractivity contribution in [1.82, 2.24) is 4.90 Å². The van der Waals surface area contributed by atoms with E-state index in [1.165, 1.54) is 12.0 Å². The van der Waals surface area contributed by atoms with Crippen molar-refractivity contribution in [3.63, 3.8) is 0 Å². The van der Waals surface area contributed by atoms with Crippen molar-refractivity contribution in [2.45, 2.75) is 13.0 Å². The largest absolute Gasteiger partial charge is 0.496 e. The zero-order valence-corrected chi connectivity index (χ0v) is 9.80. The summed E-state index contributed by atoms with van der Waals surface area (Å²) in [6.07, 6.45) is -0.538. The van der Waals surface area contributed by atoms with Crippen LogP contribution in [0, 0.1) is 0 Å². The lowest BCUT2D eigenvalue weighted by molar-refractivity contribution is 0.0700. The zero-order chi connectivity index (χ0) is 12.1. The molecule has 88 valence electrons. The van der Waals surface area contributed by atoms with E-state index in [4.69, 9.17) is 4.74 Å². The summed E-state index contributed by atoms with van der Waals surface area (Å²) in [5.74, 6) is 0.392. The van der Waals surface area contributed by atoms with E-state index in [2.05, 4.69) is 0 Å². The third-order valence-electron chi connectivity index (χ3n) is 2.22. The van der Waals surface area contributed by atoms with Crippen molar-refractivity contribution in [2.75, 3.05) is 20.7 Å². The van der Waals surface area contributed by atoms with Crippen LogP contribution < -0.4 is 4.74 Å². The fraction of sp³-hybridized carbons (Fsp3) is 0.417. The Kier molecular flexibility index (Phi) is 4.31. The van der Waals surface area contributed by atoms with E-state index in [-0.39, 0.29) is 5.91 Å². The lowest BCUT2D eigenvalue weighted by Gasteiger charge is -2.19. The molecule has 0 heterocycles. The van der Waals surface area contributed by atoms with E-state index in [0.29, 0.717) is 17.9 Å². The number of nitrogens with zero attached hydrogens (tertiary/aromatic N) is 1. The van der Waals surface area contributed by atoms with Gasteiger partial charge in [0.15, 0.2) is 0 Å². The van der Waals surface area contributed by atoms with Gasteiger partial charge in [-0.05, 0) is 19.1 Å². The first-order chi connectivity index (χ1) is 7.56. The number of carbonyl (C=O) groups excluding carboxylic acids is 1. The number of benzene rings is 1. The Morgan fingerprint density at radius 1 is 1.50 bits per heavy atom. The fourth-order valence-corrected chi connectivity index (χ4v) is 1.51. The minimum atomic E-state index is -0.538. The highest BCUT2D eigenvalue weighted by Crippen LogP contribution is 2.18. The average Bonchev–Trinajstić information content (AvgIpc) is 2.27. The summed E-state index contributed by atoms with van der Waals surface area (Å²) in [5.41, 5.74) is 0.508. The van der Waals surface area contributed by atoms with Crippen LogP contribution in [-0.4, -0.2) is 42.7 Å². The molecule has 0 saturated carbocycles. The van der Waals surface area contributed by atoms with E-state index in [9.17, 15) is 9.90 Å². The summed E-state index contributed by atoms with van der Waals surface area (Å²) in [6.45, 7) is 1.95. The number of likely N-dealkylation sites (N-methyl/N-ethyl adjacent to an activating group) is 1. The Hall–Kier alpha value is -1.55. The molecule has 1 amide bonds. The van der Waals surface area contributed by atoms with Gasteiger partial charge in [-0.1, -0.05) is 12.1 Å². The molecule has 0 fully saturated rings. The van der Waals surface area contributed by atoms with Crippen molar-refractivity contribution in [2.24, 2.45) is 0 Å². The third kappa shape index (κ3) is 2.97. The monoisotopic (exact) mass is 223 g/mol. The summed E-state index contributed by atoms with van der Waals surface area (Å²) in [4.78, 5) is 13.5. The lowest BCUT2D eigenvalue weighted by Crippen LogP contribution is -2.33. The van der Waals surface area contributed by atoms with Crippen LogP contribution in [0.5, 0.6) is 5.75 Å². The molecule has 0 aliphatic rings. The van der Waals surface area contributed by atoms with Gasteiger partial charge in [-0.25, -0.2) is 0 Å². The molecular weight excluding hydrogens is 206 g/mol. The minimum absolute atomic E-state index is 0.154. The SMILES string of the molecule is COc1ccccc1C(=O)N(C)CC(C)O. The molecular formula is C12H17NO3. The second-order valence-corrected chi connectivity index (χ2v) is 3.73. The van der Waals surface area contributed by atoms with Gasteiger partial charge in [0, 0.05) is 13.6 Å². The predicted octanol–water partition coefficient (Wildman–Crippen LogP) is 1.15. The van der Waals surface area contributed by atoms with E-state index in [1.807, 2.05) is 6.07 Å². The van der Waals surface area contributed by atoms with Crippen molar-refractivity contribution >= 4 is 5.91 Å². The standard InChI is InChI=1S/C12H17NO3/c1-9(14)8-13(2)12(15)10-6-4-5-7-11(10)16-3/h4-7,9,14H,8H2,1-3H3. The van der Waals surface area contributed by atoms with Gasteiger partial charge in [0.25, 0.3) is 5.91 Å². The highest BCUT2D eigenvalue weighted by molar-refractivity contribution is 5.96. The number of para-hydroxylation sites is 1. The molecule has 4 heteroatoms. The van der Waals surface area contributed by atoms with E-state index < -0.39 is 6.10 Å². The molecule has 1 unspecified atom stereocenters. The topological polar surface area (TPSA) is 49.8 Å². The molecule has 0 bridgehead atoms. The highest BCUT2D eigenvalue weighted by Gasteiger charge is 2.16. The Balaban J connectivity index is 2.87. The smallest absolute Gasteiger partial charge is 0.257 e. The quantitative estimate of drug-likeness (QED) is 0.833. The first-order valence-electron chi connectivity index (χ1n) is 5.12.